The van der Waals surface area contributed by atoms with E-state index in [1.807, 2.05) is 24.3 Å². The van der Waals surface area contributed by atoms with Crippen molar-refractivity contribution in [1.29, 1.82) is 0 Å². The van der Waals surface area contributed by atoms with Crippen LogP contribution < -0.4 is 10.1 Å². The molecule has 2 atom stereocenters. The molecule has 0 aromatic heterocycles. The lowest BCUT2D eigenvalue weighted by Crippen LogP contribution is -2.36. The molecule has 0 heterocycles. The molecule has 1 aromatic carbocycles. The Hall–Kier alpha value is -0.580. The van der Waals surface area contributed by atoms with Crippen molar-refractivity contribution in [1.82, 2.24) is 5.32 Å². The van der Waals surface area contributed by atoms with Crippen LogP contribution in [0.1, 0.15) is 33.1 Å². The van der Waals surface area contributed by atoms with Gasteiger partial charge in [-0.1, -0.05) is 35.7 Å². The second-order valence-electron chi connectivity index (χ2n) is 4.87. The van der Waals surface area contributed by atoms with Gasteiger partial charge >= 0.3 is 0 Å². The quantitative estimate of drug-likeness (QED) is 0.730. The maximum Gasteiger partial charge on any atom is 0.119 e. The third kappa shape index (κ3) is 7.55. The average Bonchev–Trinajstić information content (AvgIpc) is 2.42. The van der Waals surface area contributed by atoms with Gasteiger partial charge in [0.1, 0.15) is 18.5 Å². The van der Waals surface area contributed by atoms with Crippen molar-refractivity contribution in [2.75, 3.05) is 13.2 Å². The van der Waals surface area contributed by atoms with Crippen molar-refractivity contribution in [3.8, 4) is 5.75 Å². The number of halogens is 1. The van der Waals surface area contributed by atoms with Crippen LogP contribution in [0.2, 0.25) is 0 Å². The Balaban J connectivity index is 2.17. The lowest BCUT2D eigenvalue weighted by molar-refractivity contribution is 0.104. The topological polar surface area (TPSA) is 41.5 Å². The lowest BCUT2D eigenvalue weighted by atomic mass is 10.1. The Morgan fingerprint density at radius 3 is 2.63 bits per heavy atom. The summed E-state index contributed by atoms with van der Waals surface area (Å²) < 4.78 is 6.55. The van der Waals surface area contributed by atoms with Crippen molar-refractivity contribution in [3.63, 3.8) is 0 Å². The molecule has 0 saturated carbocycles. The van der Waals surface area contributed by atoms with Gasteiger partial charge in [0.25, 0.3) is 0 Å². The smallest absolute Gasteiger partial charge is 0.119 e. The van der Waals surface area contributed by atoms with E-state index in [0.29, 0.717) is 19.2 Å². The molecule has 0 aliphatic rings. The van der Waals surface area contributed by atoms with Gasteiger partial charge < -0.3 is 15.2 Å². The highest BCUT2D eigenvalue weighted by atomic mass is 79.9. The molecule has 1 rings (SSSR count). The highest BCUT2D eigenvalue weighted by Crippen LogP contribution is 2.16. The fourth-order valence-electron chi connectivity index (χ4n) is 1.73. The van der Waals surface area contributed by atoms with Crippen LogP contribution in [0.4, 0.5) is 0 Å². The van der Waals surface area contributed by atoms with Crippen LogP contribution in [-0.4, -0.2) is 30.4 Å². The van der Waals surface area contributed by atoms with Crippen LogP contribution >= 0.6 is 15.9 Å². The Morgan fingerprint density at radius 1 is 1.32 bits per heavy atom. The first-order valence-electron chi connectivity index (χ1n) is 6.91. The molecular weight excluding hydrogens is 306 g/mol. The normalized spacial score (nSPS) is 14.1. The molecule has 0 bridgehead atoms. The second-order valence-corrected chi connectivity index (χ2v) is 5.79. The predicted octanol–water partition coefficient (Wildman–Crippen LogP) is 3.36. The standard InChI is InChI=1S/C15H24BrNO2/c1-3-4-5-12(2)17-10-14(18)11-19-15-8-6-13(16)7-9-15/h6-9,12,14,17-18H,3-5,10-11H2,1-2H3. The summed E-state index contributed by atoms with van der Waals surface area (Å²) in [6.07, 6.45) is 3.10. The molecule has 0 radical (unpaired) electrons. The minimum atomic E-state index is -0.479. The second kappa shape index (κ2) is 9.34. The van der Waals surface area contributed by atoms with Gasteiger partial charge in [-0.3, -0.25) is 0 Å². The molecule has 3 nitrogen and oxygen atoms in total. The van der Waals surface area contributed by atoms with Gasteiger partial charge in [-0.25, -0.2) is 0 Å². The van der Waals surface area contributed by atoms with Gasteiger partial charge in [0, 0.05) is 17.1 Å². The van der Waals surface area contributed by atoms with E-state index in [9.17, 15) is 5.11 Å². The van der Waals surface area contributed by atoms with Gasteiger partial charge in [0.2, 0.25) is 0 Å². The number of hydrogen-bond acceptors (Lipinski definition) is 3. The molecule has 0 fully saturated rings. The zero-order chi connectivity index (χ0) is 14.1. The molecule has 0 aliphatic carbocycles. The average molecular weight is 330 g/mol. The monoisotopic (exact) mass is 329 g/mol. The predicted molar refractivity (Wildman–Crippen MR) is 82.6 cm³/mol. The van der Waals surface area contributed by atoms with Crippen molar-refractivity contribution in [3.05, 3.63) is 28.7 Å². The molecule has 0 amide bonds. The molecule has 2 N–H and O–H groups in total. The van der Waals surface area contributed by atoms with Crippen molar-refractivity contribution in [2.45, 2.75) is 45.3 Å². The van der Waals surface area contributed by atoms with Gasteiger partial charge in [0.05, 0.1) is 0 Å². The maximum absolute atomic E-state index is 9.84. The van der Waals surface area contributed by atoms with E-state index >= 15 is 0 Å². The Bertz CT molecular complexity index is 343. The number of aliphatic hydroxyl groups is 1. The Kier molecular flexibility index (Phi) is 8.10. The summed E-state index contributed by atoms with van der Waals surface area (Å²) in [6, 6.07) is 8.06. The van der Waals surface area contributed by atoms with E-state index < -0.39 is 6.10 Å². The summed E-state index contributed by atoms with van der Waals surface area (Å²) in [6.45, 7) is 5.22. The maximum atomic E-state index is 9.84. The first kappa shape index (κ1) is 16.5. The highest BCUT2D eigenvalue weighted by Gasteiger charge is 2.07. The van der Waals surface area contributed by atoms with Crippen LogP contribution in [0.15, 0.2) is 28.7 Å². The first-order valence-corrected chi connectivity index (χ1v) is 7.71. The fourth-order valence-corrected chi connectivity index (χ4v) is 2.00. The molecule has 0 aliphatic heterocycles. The largest absolute Gasteiger partial charge is 0.491 e. The van der Waals surface area contributed by atoms with E-state index in [2.05, 4.69) is 35.1 Å². The number of aliphatic hydroxyl groups excluding tert-OH is 1. The minimum absolute atomic E-state index is 0.315. The molecular formula is C15H24BrNO2. The number of hydrogen-bond donors (Lipinski definition) is 2. The van der Waals surface area contributed by atoms with E-state index in [4.69, 9.17) is 4.74 Å². The molecule has 108 valence electrons. The van der Waals surface area contributed by atoms with Crippen molar-refractivity contribution < 1.29 is 9.84 Å². The first-order chi connectivity index (χ1) is 9.11. The summed E-state index contributed by atoms with van der Waals surface area (Å²) in [7, 11) is 0. The zero-order valence-corrected chi connectivity index (χ0v) is 13.3. The van der Waals surface area contributed by atoms with Crippen LogP contribution in [0.5, 0.6) is 5.75 Å². The van der Waals surface area contributed by atoms with Crippen LogP contribution in [-0.2, 0) is 0 Å². The van der Waals surface area contributed by atoms with Crippen LogP contribution in [0.3, 0.4) is 0 Å². The number of nitrogens with one attached hydrogen (secondary N) is 1. The number of rotatable bonds is 9. The lowest BCUT2D eigenvalue weighted by Gasteiger charge is -2.17. The van der Waals surface area contributed by atoms with Gasteiger partial charge in [-0.05, 0) is 37.6 Å². The molecule has 0 spiro atoms. The molecule has 2 unspecified atom stereocenters. The SMILES string of the molecule is CCCCC(C)NCC(O)COc1ccc(Br)cc1. The highest BCUT2D eigenvalue weighted by molar-refractivity contribution is 9.10. The van der Waals surface area contributed by atoms with Gasteiger partial charge in [-0.2, -0.15) is 0 Å². The third-order valence-corrected chi connectivity index (χ3v) is 3.48. The molecule has 0 saturated heterocycles. The Labute approximate surface area is 124 Å². The number of benzene rings is 1. The van der Waals surface area contributed by atoms with Crippen molar-refractivity contribution in [2.24, 2.45) is 0 Å². The summed E-state index contributed by atoms with van der Waals surface area (Å²) in [4.78, 5) is 0. The van der Waals surface area contributed by atoms with E-state index in [1.165, 1.54) is 12.8 Å². The van der Waals surface area contributed by atoms with Gasteiger partial charge in [-0.15, -0.1) is 0 Å². The fraction of sp³-hybridized carbons (Fsp3) is 0.600. The van der Waals surface area contributed by atoms with Gasteiger partial charge in [0.15, 0.2) is 0 Å². The van der Waals surface area contributed by atoms with Crippen LogP contribution in [0.25, 0.3) is 0 Å². The zero-order valence-electron chi connectivity index (χ0n) is 11.7. The molecule has 19 heavy (non-hydrogen) atoms. The summed E-state index contributed by atoms with van der Waals surface area (Å²) >= 11 is 3.37. The minimum Gasteiger partial charge on any atom is -0.491 e. The third-order valence-electron chi connectivity index (χ3n) is 2.95. The molecule has 4 heteroatoms. The number of unbranched alkanes of at least 4 members (excludes halogenated alkanes) is 1. The van der Waals surface area contributed by atoms with E-state index in [1.54, 1.807) is 0 Å². The van der Waals surface area contributed by atoms with Crippen LogP contribution in [0, 0.1) is 0 Å². The van der Waals surface area contributed by atoms with E-state index in [0.717, 1.165) is 16.6 Å². The van der Waals surface area contributed by atoms with E-state index in [-0.39, 0.29) is 0 Å². The Morgan fingerprint density at radius 2 is 2.00 bits per heavy atom. The molecule has 1 aromatic rings. The summed E-state index contributed by atoms with van der Waals surface area (Å²) in [5, 5.41) is 13.2. The summed E-state index contributed by atoms with van der Waals surface area (Å²) in [5.74, 6) is 0.779. The number of ether oxygens (including phenoxy) is 1. The summed E-state index contributed by atoms with van der Waals surface area (Å²) in [5.41, 5.74) is 0. The van der Waals surface area contributed by atoms with Crippen molar-refractivity contribution >= 4 is 15.9 Å².